The van der Waals surface area contributed by atoms with E-state index >= 15 is 0 Å². The fraction of sp³-hybridized carbons (Fsp3) is 0.364. The van der Waals surface area contributed by atoms with Gasteiger partial charge in [0.2, 0.25) is 0 Å². The van der Waals surface area contributed by atoms with Gasteiger partial charge in [0.15, 0.2) is 0 Å². The first-order valence-corrected chi connectivity index (χ1v) is 7.50. The van der Waals surface area contributed by atoms with E-state index in [9.17, 15) is 8.42 Å². The van der Waals surface area contributed by atoms with Crippen LogP contribution in [0.1, 0.15) is 19.3 Å². The molecule has 0 spiro atoms. The van der Waals surface area contributed by atoms with Gasteiger partial charge in [-0.05, 0) is 31.0 Å². The molecule has 0 aromatic heterocycles. The molecule has 1 aromatic rings. The minimum atomic E-state index is -3.69. The molecule has 1 fully saturated rings. The maximum absolute atomic E-state index is 12.1. The van der Waals surface area contributed by atoms with E-state index in [1.54, 1.807) is 12.1 Å². The van der Waals surface area contributed by atoms with Gasteiger partial charge in [0.1, 0.15) is 10.7 Å². The molecule has 96 valence electrons. The molecule has 2 N–H and O–H groups in total. The van der Waals surface area contributed by atoms with Crippen molar-refractivity contribution in [3.63, 3.8) is 0 Å². The molecule has 0 atom stereocenters. The van der Waals surface area contributed by atoms with Gasteiger partial charge in [-0.15, -0.1) is 4.40 Å². The molecule has 1 aliphatic heterocycles. The lowest BCUT2D eigenvalue weighted by Gasteiger charge is -2.35. The monoisotopic (exact) mass is 285 g/mol. The molecule has 0 saturated heterocycles. The van der Waals surface area contributed by atoms with Gasteiger partial charge in [-0.2, -0.15) is 8.42 Å². The van der Waals surface area contributed by atoms with Crippen LogP contribution in [0.2, 0.25) is 5.02 Å². The average Bonchev–Trinajstić information content (AvgIpc) is 2.23. The Morgan fingerprint density at radius 3 is 2.72 bits per heavy atom. The molecule has 2 aliphatic rings. The van der Waals surface area contributed by atoms with E-state index in [0.717, 1.165) is 19.3 Å². The number of benzene rings is 1. The van der Waals surface area contributed by atoms with Gasteiger partial charge in [-0.1, -0.05) is 18.0 Å². The molecule has 7 heteroatoms. The van der Waals surface area contributed by atoms with Crippen LogP contribution in [0.15, 0.2) is 27.5 Å². The maximum atomic E-state index is 12.1. The Balaban J connectivity index is 2.16. The first-order valence-electron chi connectivity index (χ1n) is 5.68. The Bertz CT molecular complexity index is 638. The van der Waals surface area contributed by atoms with E-state index in [2.05, 4.69) is 4.40 Å². The number of amidine groups is 1. The summed E-state index contributed by atoms with van der Waals surface area (Å²) in [6, 6.07) is 4.62. The van der Waals surface area contributed by atoms with E-state index in [1.165, 1.54) is 11.1 Å². The second-order valence-electron chi connectivity index (χ2n) is 4.53. The Morgan fingerprint density at radius 2 is 2.11 bits per heavy atom. The van der Waals surface area contributed by atoms with Crippen LogP contribution in [-0.2, 0) is 10.0 Å². The molecule has 0 amide bonds. The zero-order valence-corrected chi connectivity index (χ0v) is 11.1. The van der Waals surface area contributed by atoms with Gasteiger partial charge in [0, 0.05) is 10.9 Å². The fourth-order valence-electron chi connectivity index (χ4n) is 2.17. The summed E-state index contributed by atoms with van der Waals surface area (Å²) in [5.41, 5.74) is 0.441. The van der Waals surface area contributed by atoms with Gasteiger partial charge in [0.25, 0.3) is 10.0 Å². The Hall–Kier alpha value is -1.11. The third-order valence-corrected chi connectivity index (χ3v) is 4.94. The van der Waals surface area contributed by atoms with Crippen molar-refractivity contribution in [3.8, 4) is 0 Å². The number of fused-ring (bicyclic) bond motifs is 1. The van der Waals surface area contributed by atoms with Crippen LogP contribution in [-0.4, -0.2) is 14.3 Å². The Morgan fingerprint density at radius 1 is 1.39 bits per heavy atom. The van der Waals surface area contributed by atoms with Crippen LogP contribution in [0.4, 0.5) is 5.69 Å². The Labute approximate surface area is 110 Å². The highest BCUT2D eigenvalue weighted by Crippen LogP contribution is 2.37. The lowest BCUT2D eigenvalue weighted by atomic mass is 9.84. The van der Waals surface area contributed by atoms with E-state index in [0.29, 0.717) is 16.5 Å². The van der Waals surface area contributed by atoms with Gasteiger partial charge in [-0.25, -0.2) is 5.84 Å². The molecular weight excluding hydrogens is 274 g/mol. The van der Waals surface area contributed by atoms with E-state index in [4.69, 9.17) is 17.4 Å². The Kier molecular flexibility index (Phi) is 2.62. The zero-order valence-electron chi connectivity index (χ0n) is 9.51. The number of hydrogen-bond donors (Lipinski definition) is 1. The average molecular weight is 286 g/mol. The molecule has 5 nitrogen and oxygen atoms in total. The summed E-state index contributed by atoms with van der Waals surface area (Å²) >= 11 is 5.82. The molecule has 1 heterocycles. The minimum absolute atomic E-state index is 0.0700. The minimum Gasteiger partial charge on any atom is -0.264 e. The normalized spacial score (nSPS) is 22.1. The van der Waals surface area contributed by atoms with Crippen LogP contribution >= 0.6 is 11.6 Å². The second kappa shape index (κ2) is 3.94. The van der Waals surface area contributed by atoms with Crippen LogP contribution in [0.25, 0.3) is 0 Å². The molecule has 18 heavy (non-hydrogen) atoms. The van der Waals surface area contributed by atoms with Crippen molar-refractivity contribution in [2.24, 2.45) is 16.2 Å². The molecule has 0 bridgehead atoms. The number of hydrazine groups is 1. The van der Waals surface area contributed by atoms with Crippen molar-refractivity contribution in [2.75, 3.05) is 5.01 Å². The van der Waals surface area contributed by atoms with Crippen molar-refractivity contribution in [1.29, 1.82) is 0 Å². The van der Waals surface area contributed by atoms with E-state index < -0.39 is 10.0 Å². The topological polar surface area (TPSA) is 75.8 Å². The quantitative estimate of drug-likeness (QED) is 0.800. The number of nitrogens with two attached hydrogens (primary N) is 1. The maximum Gasteiger partial charge on any atom is 0.286 e. The summed E-state index contributed by atoms with van der Waals surface area (Å²) in [7, 11) is -3.69. The van der Waals surface area contributed by atoms with Crippen molar-refractivity contribution >= 4 is 33.1 Å². The molecule has 3 rings (SSSR count). The predicted molar refractivity (Wildman–Crippen MR) is 70.1 cm³/mol. The molecular formula is C11H12ClN3O2S. The summed E-state index contributed by atoms with van der Waals surface area (Å²) in [4.78, 5) is 0.0700. The highest BCUT2D eigenvalue weighted by atomic mass is 35.5. The fourth-order valence-corrected chi connectivity index (χ4v) is 3.70. The molecule has 1 saturated carbocycles. The van der Waals surface area contributed by atoms with Crippen molar-refractivity contribution in [1.82, 2.24) is 0 Å². The summed E-state index contributed by atoms with van der Waals surface area (Å²) in [5.74, 6) is 6.55. The number of hydrogen-bond acceptors (Lipinski definition) is 4. The summed E-state index contributed by atoms with van der Waals surface area (Å²) in [6.45, 7) is 0. The zero-order chi connectivity index (χ0) is 12.9. The highest BCUT2D eigenvalue weighted by Gasteiger charge is 2.35. The third kappa shape index (κ3) is 1.72. The molecule has 0 unspecified atom stereocenters. The standard InChI is InChI=1S/C11H12ClN3O2S/c12-8-4-5-9-10(6-8)18(16,17)14-11(15(9)13)7-2-1-3-7/h4-7H,1-3,13H2. The molecule has 1 aliphatic carbocycles. The van der Waals surface area contributed by atoms with Crippen molar-refractivity contribution < 1.29 is 8.42 Å². The third-order valence-electron chi connectivity index (χ3n) is 3.39. The summed E-state index contributed by atoms with van der Waals surface area (Å²) in [5, 5.41) is 1.73. The molecule has 1 aromatic carbocycles. The second-order valence-corrected chi connectivity index (χ2v) is 6.54. The lowest BCUT2D eigenvalue weighted by molar-refractivity contribution is 0.408. The number of nitrogens with zero attached hydrogens (tertiary/aromatic N) is 2. The summed E-state index contributed by atoms with van der Waals surface area (Å²) in [6.07, 6.45) is 2.96. The smallest absolute Gasteiger partial charge is 0.264 e. The van der Waals surface area contributed by atoms with Crippen LogP contribution in [0, 0.1) is 5.92 Å². The highest BCUT2D eigenvalue weighted by molar-refractivity contribution is 7.90. The number of rotatable bonds is 1. The summed E-state index contributed by atoms with van der Waals surface area (Å²) < 4.78 is 28.0. The van der Waals surface area contributed by atoms with Crippen molar-refractivity contribution in [2.45, 2.75) is 24.2 Å². The van der Waals surface area contributed by atoms with Crippen LogP contribution in [0.5, 0.6) is 0 Å². The first-order chi connectivity index (χ1) is 8.49. The number of halogens is 1. The predicted octanol–water partition coefficient (Wildman–Crippen LogP) is 1.92. The van der Waals surface area contributed by atoms with Crippen molar-refractivity contribution in [3.05, 3.63) is 23.2 Å². The van der Waals surface area contributed by atoms with Crippen LogP contribution in [0.3, 0.4) is 0 Å². The van der Waals surface area contributed by atoms with E-state index in [-0.39, 0.29) is 10.8 Å². The first kappa shape index (κ1) is 12.0. The SMILES string of the molecule is NN1C(C2CCC2)=NS(=O)(=O)c2cc(Cl)ccc21. The largest absolute Gasteiger partial charge is 0.286 e. The van der Waals surface area contributed by atoms with Gasteiger partial charge >= 0.3 is 0 Å². The molecule has 0 radical (unpaired) electrons. The number of sulfonamides is 1. The van der Waals surface area contributed by atoms with Gasteiger partial charge in [0.05, 0.1) is 5.69 Å². The van der Waals surface area contributed by atoms with E-state index in [1.807, 2.05) is 0 Å². The van der Waals surface area contributed by atoms with Crippen LogP contribution < -0.4 is 10.9 Å². The van der Waals surface area contributed by atoms with Gasteiger partial charge in [-0.3, -0.25) is 5.01 Å². The lowest BCUT2D eigenvalue weighted by Crippen LogP contribution is -2.46. The van der Waals surface area contributed by atoms with Gasteiger partial charge < -0.3 is 0 Å². The number of anilines is 1.